The van der Waals surface area contributed by atoms with Gasteiger partial charge >= 0.3 is 0 Å². The molecule has 0 amide bonds. The van der Waals surface area contributed by atoms with Crippen LogP contribution in [0.3, 0.4) is 0 Å². The predicted molar refractivity (Wildman–Crippen MR) is 100 cm³/mol. The summed E-state index contributed by atoms with van der Waals surface area (Å²) in [4.78, 5) is 0.359. The molecular weight excluding hydrogens is 348 g/mol. The normalized spacial score (nSPS) is 11.3. The molecule has 0 aromatic heterocycles. The quantitative estimate of drug-likeness (QED) is 0.724. The van der Waals surface area contributed by atoms with Crippen molar-refractivity contribution in [2.45, 2.75) is 30.2 Å². The zero-order valence-electron chi connectivity index (χ0n) is 14.6. The lowest BCUT2D eigenvalue weighted by atomic mass is 10.2. The molecule has 134 valence electrons. The molecular formula is C21H20O4S. The van der Waals surface area contributed by atoms with E-state index in [0.717, 1.165) is 11.1 Å². The van der Waals surface area contributed by atoms with Gasteiger partial charge in [-0.1, -0.05) is 30.3 Å². The fourth-order valence-electron chi connectivity index (χ4n) is 2.62. The highest BCUT2D eigenvalue weighted by atomic mass is 32.2. The highest BCUT2D eigenvalue weighted by Gasteiger charge is 2.19. The maximum absolute atomic E-state index is 12.8. The van der Waals surface area contributed by atoms with Gasteiger partial charge in [0.1, 0.15) is 18.1 Å². The van der Waals surface area contributed by atoms with Gasteiger partial charge in [-0.25, -0.2) is 8.42 Å². The van der Waals surface area contributed by atoms with Crippen LogP contribution in [0.15, 0.2) is 76.5 Å². The summed E-state index contributed by atoms with van der Waals surface area (Å²) < 4.78 is 31.4. The molecule has 0 radical (unpaired) electrons. The van der Waals surface area contributed by atoms with Gasteiger partial charge in [-0.3, -0.25) is 0 Å². The maximum Gasteiger partial charge on any atom is 0.206 e. The van der Waals surface area contributed by atoms with Crippen molar-refractivity contribution in [3.8, 4) is 11.5 Å². The minimum Gasteiger partial charge on any atom is -0.508 e. The molecule has 5 heteroatoms. The highest BCUT2D eigenvalue weighted by Crippen LogP contribution is 2.29. The molecule has 0 aliphatic carbocycles. The zero-order valence-corrected chi connectivity index (χ0v) is 15.5. The molecule has 1 N–H and O–H groups in total. The second-order valence-electron chi connectivity index (χ2n) is 6.15. The minimum absolute atomic E-state index is 0.0739. The molecule has 0 aliphatic heterocycles. The maximum atomic E-state index is 12.8. The van der Waals surface area contributed by atoms with Crippen LogP contribution in [0.25, 0.3) is 0 Å². The van der Waals surface area contributed by atoms with Gasteiger partial charge in [0, 0.05) is 0 Å². The van der Waals surface area contributed by atoms with Crippen molar-refractivity contribution in [3.63, 3.8) is 0 Å². The van der Waals surface area contributed by atoms with E-state index in [1.165, 1.54) is 18.2 Å². The lowest BCUT2D eigenvalue weighted by Crippen LogP contribution is -2.04. The predicted octanol–water partition coefficient (Wildman–Crippen LogP) is 4.42. The monoisotopic (exact) mass is 368 g/mol. The Hall–Kier alpha value is -2.79. The van der Waals surface area contributed by atoms with Crippen LogP contribution < -0.4 is 4.74 Å². The number of ether oxygens (including phenoxy) is 1. The molecule has 3 aromatic rings. The van der Waals surface area contributed by atoms with Gasteiger partial charge in [0.2, 0.25) is 9.84 Å². The number of phenols is 1. The van der Waals surface area contributed by atoms with E-state index in [-0.39, 0.29) is 15.5 Å². The molecule has 0 spiro atoms. The van der Waals surface area contributed by atoms with Crippen LogP contribution in [0.2, 0.25) is 0 Å². The Labute approximate surface area is 153 Å². The van der Waals surface area contributed by atoms with Crippen molar-refractivity contribution in [1.82, 2.24) is 0 Å². The summed E-state index contributed by atoms with van der Waals surface area (Å²) in [6.45, 7) is 3.91. The van der Waals surface area contributed by atoms with E-state index in [2.05, 4.69) is 0 Å². The van der Waals surface area contributed by atoms with Crippen molar-refractivity contribution in [1.29, 1.82) is 0 Å². The van der Waals surface area contributed by atoms with Crippen LogP contribution in [0, 0.1) is 13.8 Å². The Morgan fingerprint density at radius 2 is 1.46 bits per heavy atom. The number of aromatic hydroxyl groups is 1. The van der Waals surface area contributed by atoms with E-state index >= 15 is 0 Å². The minimum atomic E-state index is -3.65. The zero-order chi connectivity index (χ0) is 18.7. The van der Waals surface area contributed by atoms with Gasteiger partial charge in [-0.2, -0.15) is 0 Å². The summed E-state index contributed by atoms with van der Waals surface area (Å²) in [6.07, 6.45) is 0. The highest BCUT2D eigenvalue weighted by molar-refractivity contribution is 7.91. The number of aryl methyl sites for hydroxylation is 2. The number of benzene rings is 3. The van der Waals surface area contributed by atoms with Gasteiger partial charge in [-0.15, -0.1) is 0 Å². The Morgan fingerprint density at radius 1 is 0.846 bits per heavy atom. The molecule has 0 heterocycles. The van der Waals surface area contributed by atoms with Crippen molar-refractivity contribution in [2.24, 2.45) is 0 Å². The van der Waals surface area contributed by atoms with Crippen molar-refractivity contribution >= 4 is 9.84 Å². The van der Waals surface area contributed by atoms with E-state index in [1.54, 1.807) is 25.1 Å². The molecule has 0 saturated carbocycles. The summed E-state index contributed by atoms with van der Waals surface area (Å²) in [5.74, 6) is 0.722. The molecule has 0 aliphatic rings. The number of rotatable bonds is 5. The van der Waals surface area contributed by atoms with E-state index in [1.807, 2.05) is 37.3 Å². The summed E-state index contributed by atoms with van der Waals surface area (Å²) >= 11 is 0. The van der Waals surface area contributed by atoms with Crippen LogP contribution in [0.1, 0.15) is 16.7 Å². The van der Waals surface area contributed by atoms with Crippen LogP contribution in [0.4, 0.5) is 0 Å². The van der Waals surface area contributed by atoms with Crippen LogP contribution in [-0.4, -0.2) is 13.5 Å². The van der Waals surface area contributed by atoms with E-state index in [9.17, 15) is 13.5 Å². The van der Waals surface area contributed by atoms with Crippen molar-refractivity contribution in [3.05, 3.63) is 83.4 Å². The molecule has 3 aromatic carbocycles. The molecule has 26 heavy (non-hydrogen) atoms. The first kappa shape index (κ1) is 18.0. The fourth-order valence-corrected chi connectivity index (χ4v) is 4.05. The van der Waals surface area contributed by atoms with E-state index in [0.29, 0.717) is 17.9 Å². The molecule has 0 bridgehead atoms. The largest absolute Gasteiger partial charge is 0.508 e. The first-order chi connectivity index (χ1) is 12.4. The van der Waals surface area contributed by atoms with Crippen molar-refractivity contribution in [2.75, 3.05) is 0 Å². The number of hydrogen-bond donors (Lipinski definition) is 1. The summed E-state index contributed by atoms with van der Waals surface area (Å²) in [7, 11) is -3.65. The van der Waals surface area contributed by atoms with Crippen LogP contribution >= 0.6 is 0 Å². The standard InChI is InChI=1S/C21H20O4S/c1-15-12-18(8-10-20(15)22)26(23,24)19-9-11-21(16(2)13-19)25-14-17-6-4-3-5-7-17/h3-13,22H,14H2,1-2H3. The van der Waals surface area contributed by atoms with Gasteiger partial charge in [0.15, 0.2) is 0 Å². The number of phenolic OH excluding ortho intramolecular Hbond substituents is 1. The second kappa shape index (κ2) is 7.22. The Bertz CT molecular complexity index is 1030. The third-order valence-corrected chi connectivity index (χ3v) is 5.92. The average Bonchev–Trinajstić information content (AvgIpc) is 2.63. The summed E-state index contributed by atoms with van der Waals surface area (Å²) in [5, 5.41) is 9.60. The molecule has 0 saturated heterocycles. The molecule has 3 rings (SSSR count). The smallest absolute Gasteiger partial charge is 0.206 e. The first-order valence-electron chi connectivity index (χ1n) is 8.20. The van der Waals surface area contributed by atoms with Crippen molar-refractivity contribution < 1.29 is 18.3 Å². The molecule has 0 unspecified atom stereocenters. The van der Waals surface area contributed by atoms with Gasteiger partial charge in [-0.05, 0) is 66.9 Å². The van der Waals surface area contributed by atoms with E-state index < -0.39 is 9.84 Å². The molecule has 0 atom stereocenters. The lowest BCUT2D eigenvalue weighted by Gasteiger charge is -2.12. The average molecular weight is 368 g/mol. The Kier molecular flexibility index (Phi) is 5.00. The van der Waals surface area contributed by atoms with Crippen LogP contribution in [-0.2, 0) is 16.4 Å². The fraction of sp³-hybridized carbons (Fsp3) is 0.143. The first-order valence-corrected chi connectivity index (χ1v) is 9.68. The van der Waals surface area contributed by atoms with Gasteiger partial charge < -0.3 is 9.84 Å². The Balaban J connectivity index is 1.85. The summed E-state index contributed by atoms with van der Waals surface area (Å²) in [5.41, 5.74) is 2.31. The number of sulfone groups is 1. The summed E-state index contributed by atoms with van der Waals surface area (Å²) in [6, 6.07) is 18.9. The third-order valence-electron chi connectivity index (χ3n) is 4.17. The van der Waals surface area contributed by atoms with Crippen LogP contribution in [0.5, 0.6) is 11.5 Å². The third kappa shape index (κ3) is 3.73. The second-order valence-corrected chi connectivity index (χ2v) is 8.10. The number of hydrogen-bond acceptors (Lipinski definition) is 4. The lowest BCUT2D eigenvalue weighted by molar-refractivity contribution is 0.304. The molecule has 4 nitrogen and oxygen atoms in total. The SMILES string of the molecule is Cc1cc(S(=O)(=O)c2ccc(OCc3ccccc3)c(C)c2)ccc1O. The molecule has 0 fully saturated rings. The topological polar surface area (TPSA) is 63.6 Å². The van der Waals surface area contributed by atoms with E-state index in [4.69, 9.17) is 4.74 Å². The van der Waals surface area contributed by atoms with Gasteiger partial charge in [0.25, 0.3) is 0 Å². The Morgan fingerprint density at radius 3 is 2.08 bits per heavy atom. The van der Waals surface area contributed by atoms with Gasteiger partial charge in [0.05, 0.1) is 9.79 Å².